The van der Waals surface area contributed by atoms with Crippen LogP contribution >= 0.6 is 11.3 Å². The zero-order valence-electron chi connectivity index (χ0n) is 9.69. The first-order valence-electron chi connectivity index (χ1n) is 5.73. The maximum atomic E-state index is 12.0. The summed E-state index contributed by atoms with van der Waals surface area (Å²) in [6.45, 7) is 5.92. The standard InChI is InChI=1S/C12H18N2OS/c1-8-6-13-7-10(8)12(15)14-9(2)11-4-3-5-16-11/h3-5,8-10,13H,6-7H2,1-2H3,(H,14,15)/t8?,9-,10?/m0/s1. The lowest BCUT2D eigenvalue weighted by Crippen LogP contribution is -2.35. The van der Waals surface area contributed by atoms with Crippen LogP contribution in [0.2, 0.25) is 0 Å². The van der Waals surface area contributed by atoms with Crippen LogP contribution in [0.4, 0.5) is 0 Å². The third-order valence-electron chi connectivity index (χ3n) is 3.18. The minimum atomic E-state index is 0.125. The van der Waals surface area contributed by atoms with Crippen LogP contribution in [-0.2, 0) is 4.79 Å². The van der Waals surface area contributed by atoms with E-state index in [1.54, 1.807) is 11.3 Å². The molecule has 1 amide bonds. The van der Waals surface area contributed by atoms with Crippen LogP contribution in [0, 0.1) is 11.8 Å². The molecule has 4 heteroatoms. The zero-order chi connectivity index (χ0) is 11.5. The van der Waals surface area contributed by atoms with E-state index in [1.165, 1.54) is 4.88 Å². The molecule has 1 saturated heterocycles. The van der Waals surface area contributed by atoms with E-state index in [2.05, 4.69) is 23.6 Å². The first-order valence-corrected chi connectivity index (χ1v) is 6.61. The highest BCUT2D eigenvalue weighted by Gasteiger charge is 2.30. The van der Waals surface area contributed by atoms with Crippen molar-refractivity contribution in [1.82, 2.24) is 10.6 Å². The van der Waals surface area contributed by atoms with Gasteiger partial charge in [0.2, 0.25) is 5.91 Å². The van der Waals surface area contributed by atoms with E-state index in [4.69, 9.17) is 0 Å². The molecule has 0 aliphatic carbocycles. The molecule has 2 unspecified atom stereocenters. The second-order valence-electron chi connectivity index (χ2n) is 4.49. The Labute approximate surface area is 100 Å². The van der Waals surface area contributed by atoms with Gasteiger partial charge in [-0.15, -0.1) is 11.3 Å². The number of hydrogen-bond acceptors (Lipinski definition) is 3. The Balaban J connectivity index is 1.92. The second kappa shape index (κ2) is 4.97. The molecule has 2 heterocycles. The third kappa shape index (κ3) is 2.44. The minimum Gasteiger partial charge on any atom is -0.348 e. The number of rotatable bonds is 3. The predicted molar refractivity (Wildman–Crippen MR) is 66.4 cm³/mol. The summed E-state index contributed by atoms with van der Waals surface area (Å²) in [6.07, 6.45) is 0. The van der Waals surface area contributed by atoms with E-state index >= 15 is 0 Å². The zero-order valence-corrected chi connectivity index (χ0v) is 10.5. The molecule has 0 aromatic carbocycles. The maximum absolute atomic E-state index is 12.0. The van der Waals surface area contributed by atoms with Crippen LogP contribution in [0.5, 0.6) is 0 Å². The van der Waals surface area contributed by atoms with Gasteiger partial charge in [0.15, 0.2) is 0 Å². The fraction of sp³-hybridized carbons (Fsp3) is 0.583. The Kier molecular flexibility index (Phi) is 3.61. The largest absolute Gasteiger partial charge is 0.348 e. The van der Waals surface area contributed by atoms with Gasteiger partial charge in [-0.25, -0.2) is 0 Å². The molecule has 3 atom stereocenters. The fourth-order valence-electron chi connectivity index (χ4n) is 2.09. The molecular formula is C12H18N2OS. The Morgan fingerprint density at radius 3 is 3.00 bits per heavy atom. The van der Waals surface area contributed by atoms with Crippen molar-refractivity contribution in [3.63, 3.8) is 0 Å². The van der Waals surface area contributed by atoms with E-state index in [0.29, 0.717) is 5.92 Å². The number of thiophene rings is 1. The number of carbonyl (C=O) groups is 1. The lowest BCUT2D eigenvalue weighted by Gasteiger charge is -2.18. The van der Waals surface area contributed by atoms with Crippen molar-refractivity contribution in [1.29, 1.82) is 0 Å². The van der Waals surface area contributed by atoms with Gasteiger partial charge in [-0.2, -0.15) is 0 Å². The molecule has 0 spiro atoms. The Hall–Kier alpha value is -0.870. The van der Waals surface area contributed by atoms with Gasteiger partial charge >= 0.3 is 0 Å². The van der Waals surface area contributed by atoms with Crippen molar-refractivity contribution >= 4 is 17.2 Å². The quantitative estimate of drug-likeness (QED) is 0.843. The molecule has 2 rings (SSSR count). The van der Waals surface area contributed by atoms with Crippen molar-refractivity contribution in [3.8, 4) is 0 Å². The Bertz CT molecular complexity index is 350. The molecule has 3 nitrogen and oxygen atoms in total. The van der Waals surface area contributed by atoms with Crippen molar-refractivity contribution in [2.75, 3.05) is 13.1 Å². The van der Waals surface area contributed by atoms with Crippen molar-refractivity contribution in [3.05, 3.63) is 22.4 Å². The van der Waals surface area contributed by atoms with Crippen molar-refractivity contribution in [2.24, 2.45) is 11.8 Å². The summed E-state index contributed by atoms with van der Waals surface area (Å²) in [5.74, 6) is 0.747. The van der Waals surface area contributed by atoms with Crippen LogP contribution in [0.15, 0.2) is 17.5 Å². The Morgan fingerprint density at radius 2 is 2.44 bits per heavy atom. The summed E-state index contributed by atoms with van der Waals surface area (Å²) in [5.41, 5.74) is 0. The molecule has 88 valence electrons. The first kappa shape index (κ1) is 11.6. The lowest BCUT2D eigenvalue weighted by molar-refractivity contribution is -0.126. The van der Waals surface area contributed by atoms with E-state index in [9.17, 15) is 4.79 Å². The van der Waals surface area contributed by atoms with Gasteiger partial charge in [0.25, 0.3) is 0 Å². The highest BCUT2D eigenvalue weighted by molar-refractivity contribution is 7.10. The highest BCUT2D eigenvalue weighted by atomic mass is 32.1. The van der Waals surface area contributed by atoms with Gasteiger partial charge < -0.3 is 10.6 Å². The van der Waals surface area contributed by atoms with Gasteiger partial charge in [-0.1, -0.05) is 13.0 Å². The van der Waals surface area contributed by atoms with Crippen LogP contribution < -0.4 is 10.6 Å². The average molecular weight is 238 g/mol. The summed E-state index contributed by atoms with van der Waals surface area (Å²) in [5, 5.41) is 8.38. The number of hydrogen-bond donors (Lipinski definition) is 2. The normalized spacial score (nSPS) is 26.6. The van der Waals surface area contributed by atoms with Crippen LogP contribution in [0.1, 0.15) is 24.8 Å². The Morgan fingerprint density at radius 1 is 1.62 bits per heavy atom. The topological polar surface area (TPSA) is 41.1 Å². The predicted octanol–water partition coefficient (Wildman–Crippen LogP) is 1.78. The van der Waals surface area contributed by atoms with Crippen LogP contribution in [-0.4, -0.2) is 19.0 Å². The lowest BCUT2D eigenvalue weighted by atomic mass is 9.97. The smallest absolute Gasteiger partial charge is 0.225 e. The van der Waals surface area contributed by atoms with E-state index in [0.717, 1.165) is 13.1 Å². The first-order chi connectivity index (χ1) is 7.68. The maximum Gasteiger partial charge on any atom is 0.225 e. The molecule has 1 aromatic rings. The molecule has 2 N–H and O–H groups in total. The minimum absolute atomic E-state index is 0.125. The van der Waals surface area contributed by atoms with Gasteiger partial charge in [0, 0.05) is 11.4 Å². The van der Waals surface area contributed by atoms with E-state index in [-0.39, 0.29) is 17.9 Å². The molecule has 0 saturated carbocycles. The number of carbonyl (C=O) groups excluding carboxylic acids is 1. The molecule has 0 bridgehead atoms. The van der Waals surface area contributed by atoms with E-state index in [1.807, 2.05) is 18.4 Å². The van der Waals surface area contributed by atoms with E-state index < -0.39 is 0 Å². The van der Waals surface area contributed by atoms with Crippen molar-refractivity contribution < 1.29 is 4.79 Å². The number of amides is 1. The second-order valence-corrected chi connectivity index (χ2v) is 5.47. The molecular weight excluding hydrogens is 220 g/mol. The molecule has 1 aromatic heterocycles. The van der Waals surface area contributed by atoms with Gasteiger partial charge in [0.05, 0.1) is 12.0 Å². The molecule has 16 heavy (non-hydrogen) atoms. The summed E-state index contributed by atoms with van der Waals surface area (Å²) in [6, 6.07) is 4.20. The molecule has 1 aliphatic rings. The molecule has 1 fully saturated rings. The SMILES string of the molecule is CC1CNCC1C(=O)N[C@@H](C)c1cccs1. The van der Waals surface area contributed by atoms with Gasteiger partial charge in [0.1, 0.15) is 0 Å². The van der Waals surface area contributed by atoms with Crippen molar-refractivity contribution in [2.45, 2.75) is 19.9 Å². The highest BCUT2D eigenvalue weighted by Crippen LogP contribution is 2.21. The van der Waals surface area contributed by atoms with Crippen LogP contribution in [0.25, 0.3) is 0 Å². The third-order valence-corrected chi connectivity index (χ3v) is 4.24. The molecule has 1 aliphatic heterocycles. The monoisotopic (exact) mass is 238 g/mol. The summed E-state index contributed by atoms with van der Waals surface area (Å²) < 4.78 is 0. The summed E-state index contributed by atoms with van der Waals surface area (Å²) in [4.78, 5) is 13.2. The van der Waals surface area contributed by atoms with Gasteiger partial charge in [-0.3, -0.25) is 4.79 Å². The summed E-state index contributed by atoms with van der Waals surface area (Å²) in [7, 11) is 0. The fourth-order valence-corrected chi connectivity index (χ4v) is 2.82. The molecule has 0 radical (unpaired) electrons. The number of nitrogens with one attached hydrogen (secondary N) is 2. The average Bonchev–Trinajstić information content (AvgIpc) is 2.86. The van der Waals surface area contributed by atoms with Crippen LogP contribution in [0.3, 0.4) is 0 Å². The van der Waals surface area contributed by atoms with Gasteiger partial charge in [-0.05, 0) is 30.8 Å². The summed E-state index contributed by atoms with van der Waals surface area (Å²) >= 11 is 1.69.